The van der Waals surface area contributed by atoms with Crippen molar-refractivity contribution in [3.63, 3.8) is 0 Å². The summed E-state index contributed by atoms with van der Waals surface area (Å²) in [4.78, 5) is 49.5. The number of methoxy groups -OCH3 is 2. The van der Waals surface area contributed by atoms with E-state index in [0.717, 1.165) is 90.3 Å². The van der Waals surface area contributed by atoms with Gasteiger partial charge in [0.15, 0.2) is 0 Å². The fourth-order valence-electron chi connectivity index (χ4n) is 19.3. The molecule has 0 aromatic heterocycles. The average Bonchev–Trinajstić information content (AvgIpc) is 3.86. The second kappa shape index (κ2) is 21.1. The minimum Gasteiger partial charge on any atom is -0.469 e. The summed E-state index contributed by atoms with van der Waals surface area (Å²) in [7, 11) is 2.95. The molecule has 10 heteroatoms. The first-order valence-electron chi connectivity index (χ1n) is 28.1. The van der Waals surface area contributed by atoms with E-state index >= 15 is 0 Å². The smallest absolute Gasteiger partial charge is 0.305 e. The Morgan fingerprint density at radius 2 is 0.912 bits per heavy atom. The van der Waals surface area contributed by atoms with Crippen LogP contribution < -0.4 is 0 Å². The van der Waals surface area contributed by atoms with Gasteiger partial charge in [-0.25, -0.2) is 0 Å². The van der Waals surface area contributed by atoms with Gasteiger partial charge in [-0.05, 0) is 210 Å². The number of hydrogen-bond acceptors (Lipinski definition) is 10. The van der Waals surface area contributed by atoms with E-state index in [1.54, 1.807) is 13.8 Å². The molecule has 0 aliphatic heterocycles. The third kappa shape index (κ3) is 9.73. The molecular weight excluding hydrogens is 857 g/mol. The van der Waals surface area contributed by atoms with Crippen LogP contribution in [0, 0.1) is 92.7 Å². The Kier molecular flexibility index (Phi) is 16.2. The number of carbonyl (C=O) groups is 4. The molecule has 0 aromatic carbocycles. The summed E-state index contributed by atoms with van der Waals surface area (Å²) in [5, 5.41) is 0. The van der Waals surface area contributed by atoms with Crippen molar-refractivity contribution in [2.75, 3.05) is 27.4 Å². The minimum absolute atomic E-state index is 0.0580. The van der Waals surface area contributed by atoms with E-state index in [-0.39, 0.29) is 57.7 Å². The van der Waals surface area contributed by atoms with E-state index in [4.69, 9.17) is 28.4 Å². The maximum atomic E-state index is 12.7. The number of unbranched alkanes of at least 4 members (excludes halogenated alkanes) is 1. The number of fused-ring (bicyclic) bond motifs is 10. The number of hydrogen-bond donors (Lipinski definition) is 0. The minimum atomic E-state index is -0.158. The van der Waals surface area contributed by atoms with Gasteiger partial charge >= 0.3 is 23.9 Å². The van der Waals surface area contributed by atoms with Crippen molar-refractivity contribution >= 4 is 23.9 Å². The normalized spacial score (nSPS) is 44.6. The quantitative estimate of drug-likeness (QED) is 0.0791. The first-order chi connectivity index (χ1) is 32.4. The Balaban J connectivity index is 0.791. The summed E-state index contributed by atoms with van der Waals surface area (Å²) in [6.45, 7) is 19.4. The van der Waals surface area contributed by atoms with Crippen LogP contribution in [0.1, 0.15) is 197 Å². The zero-order valence-electron chi connectivity index (χ0n) is 44.3. The maximum Gasteiger partial charge on any atom is 0.305 e. The molecule has 8 aliphatic rings. The van der Waals surface area contributed by atoms with Gasteiger partial charge < -0.3 is 28.4 Å². The lowest BCUT2D eigenvalue weighted by molar-refractivity contribution is -0.198. The van der Waals surface area contributed by atoms with E-state index in [9.17, 15) is 19.2 Å². The van der Waals surface area contributed by atoms with Gasteiger partial charge in [-0.1, -0.05) is 41.5 Å². The van der Waals surface area contributed by atoms with Gasteiger partial charge in [0.2, 0.25) is 0 Å². The highest BCUT2D eigenvalue weighted by Crippen LogP contribution is 2.71. The molecule has 8 rings (SSSR count). The molecule has 386 valence electrons. The molecule has 8 fully saturated rings. The summed E-state index contributed by atoms with van der Waals surface area (Å²) in [6.07, 6.45) is 23.7. The van der Waals surface area contributed by atoms with E-state index in [1.165, 1.54) is 65.6 Å². The van der Waals surface area contributed by atoms with E-state index in [2.05, 4.69) is 41.5 Å². The molecule has 6 unspecified atom stereocenters. The number of ether oxygens (including phenoxy) is 6. The van der Waals surface area contributed by atoms with Gasteiger partial charge in [-0.15, -0.1) is 0 Å². The highest BCUT2D eigenvalue weighted by Gasteiger charge is 2.67. The predicted molar refractivity (Wildman–Crippen MR) is 262 cm³/mol. The largest absolute Gasteiger partial charge is 0.469 e. The summed E-state index contributed by atoms with van der Waals surface area (Å²) >= 11 is 0. The van der Waals surface area contributed by atoms with Gasteiger partial charge in [0.1, 0.15) is 12.2 Å². The number of rotatable bonds is 17. The molecule has 8 saturated carbocycles. The van der Waals surface area contributed by atoms with Crippen molar-refractivity contribution < 1.29 is 47.6 Å². The summed E-state index contributed by atoms with van der Waals surface area (Å²) < 4.78 is 36.1. The Hall–Kier alpha value is -2.20. The highest BCUT2D eigenvalue weighted by atomic mass is 16.6. The topological polar surface area (TPSA) is 124 Å². The molecule has 0 bridgehead atoms. The highest BCUT2D eigenvalue weighted by molar-refractivity contribution is 5.69. The number of esters is 4. The molecule has 0 heterocycles. The Labute approximate surface area is 411 Å². The van der Waals surface area contributed by atoms with Crippen LogP contribution in [0.3, 0.4) is 0 Å². The second-order valence-electron chi connectivity index (χ2n) is 25.5. The Morgan fingerprint density at radius 3 is 1.28 bits per heavy atom. The van der Waals surface area contributed by atoms with Gasteiger partial charge in [-0.2, -0.15) is 0 Å². The van der Waals surface area contributed by atoms with Gasteiger partial charge in [0.05, 0.1) is 26.4 Å². The molecule has 68 heavy (non-hydrogen) atoms. The van der Waals surface area contributed by atoms with Crippen LogP contribution in [-0.2, 0) is 47.6 Å². The van der Waals surface area contributed by atoms with Gasteiger partial charge in [-0.3, -0.25) is 19.2 Å². The van der Waals surface area contributed by atoms with Crippen LogP contribution in [0.2, 0.25) is 0 Å². The zero-order valence-corrected chi connectivity index (χ0v) is 44.3. The fraction of sp³-hybridized carbons (Fsp3) is 0.931. The van der Waals surface area contributed by atoms with Gasteiger partial charge in [0, 0.05) is 50.7 Å². The Bertz CT molecular complexity index is 1660. The molecule has 0 saturated heterocycles. The molecule has 10 nitrogen and oxygen atoms in total. The van der Waals surface area contributed by atoms with E-state index in [0.29, 0.717) is 96.1 Å². The molecule has 0 spiro atoms. The molecule has 20 atom stereocenters. The van der Waals surface area contributed by atoms with Crippen LogP contribution in [0.25, 0.3) is 0 Å². The van der Waals surface area contributed by atoms with Crippen molar-refractivity contribution in [2.45, 2.75) is 221 Å². The molecule has 8 aliphatic carbocycles. The van der Waals surface area contributed by atoms with Crippen LogP contribution in [-0.4, -0.2) is 75.7 Å². The van der Waals surface area contributed by atoms with E-state index in [1.807, 2.05) is 0 Å². The summed E-state index contributed by atoms with van der Waals surface area (Å²) in [5.41, 5.74) is 0.372. The third-order valence-corrected chi connectivity index (χ3v) is 22.8. The Morgan fingerprint density at radius 1 is 0.515 bits per heavy atom. The van der Waals surface area contributed by atoms with E-state index < -0.39 is 0 Å². The standard InChI is InChI=1S/C58H94O10/c1-35(13-23-53(61)63-9)45-19-21-47-43-17-15-39-31-41(25-27-55(39,5)49(43)33-51(57(45,47)7)67-37(3)59)65-29-11-12-30-66-42-26-28-56(6)40(32-42)16-18-44-48-22-20-46(36(2)14-24-54(62)64-10)58(48,8)52(34-50(44)56)68-38(4)60/h35-36,39-52H,11-34H2,1-10H3/t35-,36-,39-,40-,41-,42+,43?,44?,45-,46-,47?,48?,49?,50?,51+,52+,55+,56+,57-,58-/m1/s1. The van der Waals surface area contributed by atoms with Crippen molar-refractivity contribution in [3.8, 4) is 0 Å². The lowest BCUT2D eigenvalue weighted by Gasteiger charge is -2.63. The number of carbonyl (C=O) groups excluding carboxylic acids is 4. The van der Waals surface area contributed by atoms with Crippen LogP contribution in [0.5, 0.6) is 0 Å². The van der Waals surface area contributed by atoms with Crippen molar-refractivity contribution in [2.24, 2.45) is 92.7 Å². The van der Waals surface area contributed by atoms with Crippen molar-refractivity contribution in [1.82, 2.24) is 0 Å². The first-order valence-corrected chi connectivity index (χ1v) is 28.1. The van der Waals surface area contributed by atoms with Gasteiger partial charge in [0.25, 0.3) is 0 Å². The monoisotopic (exact) mass is 951 g/mol. The van der Waals surface area contributed by atoms with Crippen LogP contribution in [0.15, 0.2) is 0 Å². The van der Waals surface area contributed by atoms with Crippen LogP contribution >= 0.6 is 0 Å². The molecule has 0 N–H and O–H groups in total. The fourth-order valence-corrected chi connectivity index (χ4v) is 19.3. The first kappa shape index (κ1) is 52.1. The van der Waals surface area contributed by atoms with Crippen molar-refractivity contribution in [3.05, 3.63) is 0 Å². The average molecular weight is 951 g/mol. The van der Waals surface area contributed by atoms with Crippen LogP contribution in [0.4, 0.5) is 0 Å². The lowest BCUT2D eigenvalue weighted by atomic mass is 9.43. The summed E-state index contributed by atoms with van der Waals surface area (Å²) in [5.74, 6) is 5.90. The second-order valence-corrected chi connectivity index (χ2v) is 25.5. The zero-order chi connectivity index (χ0) is 48.8. The summed E-state index contributed by atoms with van der Waals surface area (Å²) in [6, 6.07) is 0. The third-order valence-electron chi connectivity index (χ3n) is 22.8. The SMILES string of the molecule is COC(=O)CC[C@@H](C)[C@H]1CCC2C3CC[C@@H]4C[C@H](OCCCCO[C@H]5CC[C@]6(C)C7C[C@H](OC(C)=O)[C@@]8(C)C(CC[C@@H]8[C@H](C)CCC(=O)OC)C7CC[C@@H]6C5)CC[C@]4(C)C3C[C@H](OC(C)=O)[C@@]21C. The predicted octanol–water partition coefficient (Wildman–Crippen LogP) is 12.1. The molecule has 0 radical (unpaired) electrons. The maximum absolute atomic E-state index is 12.7. The molecular formula is C58H94O10. The van der Waals surface area contributed by atoms with Crippen molar-refractivity contribution in [1.29, 1.82) is 0 Å². The lowest BCUT2D eigenvalue weighted by Crippen LogP contribution is -2.59. The molecule has 0 aromatic rings. The molecule has 0 amide bonds.